The van der Waals surface area contributed by atoms with E-state index in [2.05, 4.69) is 20.9 Å². The molecule has 6 nitrogen and oxygen atoms in total. The van der Waals surface area contributed by atoms with Crippen LogP contribution in [0.2, 0.25) is 0 Å². The molecule has 0 unspecified atom stereocenters. The summed E-state index contributed by atoms with van der Waals surface area (Å²) in [6.45, 7) is 0.430. The Bertz CT molecular complexity index is 629. The van der Waals surface area contributed by atoms with Crippen LogP contribution in [0, 0.1) is 5.82 Å². The maximum Gasteiger partial charge on any atom is 0.243 e. The molecule has 1 aromatic heterocycles. The number of nitrogens with two attached hydrogens (primary N) is 2. The second kappa shape index (κ2) is 5.54. The number of rotatable bonds is 5. The molecular formula is C11H12BrFN4O2. The molecule has 1 heterocycles. The number of primary amides is 1. The number of nitrogens with zero attached hydrogens (tertiary/aromatic N) is 2. The number of ether oxygens (including phenoxy) is 1. The van der Waals surface area contributed by atoms with Crippen molar-refractivity contribution in [2.75, 3.05) is 18.9 Å². The standard InChI is InChI=1S/C11H12BrFN4O2/c12-6-3-8-9(4-7(6)13)17(11(15)16-8)1-2-19-5-10(14)18/h3-4H,1-2,5H2,(H2,14,18)(H2,15,16). The summed E-state index contributed by atoms with van der Waals surface area (Å²) in [6.07, 6.45) is 0. The van der Waals surface area contributed by atoms with Crippen molar-refractivity contribution in [1.82, 2.24) is 9.55 Å². The first-order valence-corrected chi connectivity index (χ1v) is 6.25. The number of imidazole rings is 1. The number of amides is 1. The van der Waals surface area contributed by atoms with Gasteiger partial charge in [0.05, 0.1) is 22.1 Å². The fraction of sp³-hybridized carbons (Fsp3) is 0.273. The first kappa shape index (κ1) is 13.8. The number of carbonyl (C=O) groups is 1. The summed E-state index contributed by atoms with van der Waals surface area (Å²) in [5.74, 6) is -0.680. The topological polar surface area (TPSA) is 96.2 Å². The first-order valence-electron chi connectivity index (χ1n) is 5.46. The van der Waals surface area contributed by atoms with Crippen LogP contribution in [0.15, 0.2) is 16.6 Å². The smallest absolute Gasteiger partial charge is 0.243 e. The Hall–Kier alpha value is -1.67. The molecule has 0 aliphatic rings. The number of fused-ring (bicyclic) bond motifs is 1. The molecule has 0 fully saturated rings. The molecule has 1 aromatic carbocycles. The van der Waals surface area contributed by atoms with Crippen LogP contribution in [0.25, 0.3) is 11.0 Å². The molecule has 2 rings (SSSR count). The van der Waals surface area contributed by atoms with Crippen LogP contribution >= 0.6 is 15.9 Å². The summed E-state index contributed by atoms with van der Waals surface area (Å²) >= 11 is 3.09. The number of hydrogen-bond donors (Lipinski definition) is 2. The number of benzene rings is 1. The summed E-state index contributed by atoms with van der Waals surface area (Å²) in [5, 5.41) is 0. The Morgan fingerprint density at radius 1 is 1.53 bits per heavy atom. The van der Waals surface area contributed by atoms with Crippen molar-refractivity contribution in [2.24, 2.45) is 5.73 Å². The molecule has 102 valence electrons. The molecule has 0 saturated carbocycles. The molecule has 4 N–H and O–H groups in total. The molecule has 0 atom stereocenters. The zero-order chi connectivity index (χ0) is 14.0. The van der Waals surface area contributed by atoms with Gasteiger partial charge in [-0.2, -0.15) is 0 Å². The lowest BCUT2D eigenvalue weighted by Gasteiger charge is -2.06. The number of hydrogen-bond acceptors (Lipinski definition) is 4. The average Bonchev–Trinajstić information content (AvgIpc) is 2.61. The second-order valence-corrected chi connectivity index (χ2v) is 4.75. The van der Waals surface area contributed by atoms with E-state index >= 15 is 0 Å². The predicted octanol–water partition coefficient (Wildman–Crippen LogP) is 1.02. The highest BCUT2D eigenvalue weighted by atomic mass is 79.9. The molecular weight excluding hydrogens is 319 g/mol. The van der Waals surface area contributed by atoms with E-state index in [1.165, 1.54) is 6.07 Å². The predicted molar refractivity (Wildman–Crippen MR) is 71.8 cm³/mol. The van der Waals surface area contributed by atoms with Gasteiger partial charge in [0.25, 0.3) is 0 Å². The summed E-state index contributed by atoms with van der Waals surface area (Å²) in [6, 6.07) is 2.90. The van der Waals surface area contributed by atoms with Gasteiger partial charge in [-0.25, -0.2) is 9.37 Å². The van der Waals surface area contributed by atoms with Crippen molar-refractivity contribution in [2.45, 2.75) is 6.54 Å². The van der Waals surface area contributed by atoms with E-state index in [-0.39, 0.29) is 19.2 Å². The zero-order valence-corrected chi connectivity index (χ0v) is 11.5. The lowest BCUT2D eigenvalue weighted by atomic mass is 10.3. The summed E-state index contributed by atoms with van der Waals surface area (Å²) in [7, 11) is 0. The monoisotopic (exact) mass is 330 g/mol. The summed E-state index contributed by atoms with van der Waals surface area (Å²) in [5.41, 5.74) is 11.9. The van der Waals surface area contributed by atoms with Gasteiger partial charge >= 0.3 is 0 Å². The lowest BCUT2D eigenvalue weighted by Crippen LogP contribution is -2.20. The Morgan fingerprint density at radius 3 is 2.95 bits per heavy atom. The minimum Gasteiger partial charge on any atom is -0.370 e. The van der Waals surface area contributed by atoms with Gasteiger partial charge in [0.1, 0.15) is 12.4 Å². The van der Waals surface area contributed by atoms with Gasteiger partial charge < -0.3 is 20.8 Å². The number of aromatic nitrogens is 2. The first-order chi connectivity index (χ1) is 8.99. The molecule has 0 radical (unpaired) electrons. The van der Waals surface area contributed by atoms with Crippen LogP contribution in [0.4, 0.5) is 10.3 Å². The van der Waals surface area contributed by atoms with Crippen LogP contribution in [-0.2, 0) is 16.1 Å². The minimum atomic E-state index is -0.543. The van der Waals surface area contributed by atoms with Crippen LogP contribution in [0.5, 0.6) is 0 Å². The molecule has 0 aliphatic carbocycles. The maximum absolute atomic E-state index is 13.5. The normalized spacial score (nSPS) is 11.1. The van der Waals surface area contributed by atoms with Gasteiger partial charge in [0.2, 0.25) is 11.9 Å². The van der Waals surface area contributed by atoms with Gasteiger partial charge in [-0.1, -0.05) is 0 Å². The van der Waals surface area contributed by atoms with Crippen LogP contribution in [0.3, 0.4) is 0 Å². The molecule has 0 aliphatic heterocycles. The SMILES string of the molecule is NC(=O)COCCn1c(N)nc2cc(Br)c(F)cc21. The van der Waals surface area contributed by atoms with E-state index < -0.39 is 11.7 Å². The lowest BCUT2D eigenvalue weighted by molar-refractivity contribution is -0.122. The third kappa shape index (κ3) is 3.02. The highest BCUT2D eigenvalue weighted by molar-refractivity contribution is 9.10. The quantitative estimate of drug-likeness (QED) is 0.800. The maximum atomic E-state index is 13.5. The fourth-order valence-electron chi connectivity index (χ4n) is 1.70. The van der Waals surface area contributed by atoms with E-state index in [1.807, 2.05) is 0 Å². The van der Waals surface area contributed by atoms with Crippen LogP contribution in [0.1, 0.15) is 0 Å². The Balaban J connectivity index is 2.20. The number of anilines is 1. The summed E-state index contributed by atoms with van der Waals surface area (Å²) in [4.78, 5) is 14.6. The second-order valence-electron chi connectivity index (χ2n) is 3.90. The molecule has 2 aromatic rings. The van der Waals surface area contributed by atoms with Gasteiger partial charge in [-0.3, -0.25) is 4.79 Å². The van der Waals surface area contributed by atoms with E-state index in [4.69, 9.17) is 16.2 Å². The molecule has 0 bridgehead atoms. The van der Waals surface area contributed by atoms with Crippen molar-refractivity contribution in [3.8, 4) is 0 Å². The van der Waals surface area contributed by atoms with Crippen molar-refractivity contribution < 1.29 is 13.9 Å². The average molecular weight is 331 g/mol. The van der Waals surface area contributed by atoms with Gasteiger partial charge in [-0.15, -0.1) is 0 Å². The third-order valence-electron chi connectivity index (χ3n) is 2.52. The van der Waals surface area contributed by atoms with Gasteiger partial charge in [-0.05, 0) is 22.0 Å². The van der Waals surface area contributed by atoms with Crippen LogP contribution < -0.4 is 11.5 Å². The van der Waals surface area contributed by atoms with E-state index in [0.717, 1.165) is 0 Å². The van der Waals surface area contributed by atoms with Crippen molar-refractivity contribution in [1.29, 1.82) is 0 Å². The Morgan fingerprint density at radius 2 is 2.26 bits per heavy atom. The molecule has 1 amide bonds. The highest BCUT2D eigenvalue weighted by Crippen LogP contribution is 2.24. The molecule has 0 saturated heterocycles. The van der Waals surface area contributed by atoms with E-state index in [9.17, 15) is 9.18 Å². The number of nitrogen functional groups attached to an aromatic ring is 1. The zero-order valence-electron chi connectivity index (χ0n) is 9.90. The van der Waals surface area contributed by atoms with Crippen molar-refractivity contribution in [3.63, 3.8) is 0 Å². The van der Waals surface area contributed by atoms with Gasteiger partial charge in [0, 0.05) is 12.6 Å². The largest absolute Gasteiger partial charge is 0.370 e. The van der Waals surface area contributed by atoms with Gasteiger partial charge in [0.15, 0.2) is 0 Å². The van der Waals surface area contributed by atoms with E-state index in [0.29, 0.717) is 22.1 Å². The van der Waals surface area contributed by atoms with Crippen molar-refractivity contribution >= 4 is 38.8 Å². The fourth-order valence-corrected chi connectivity index (χ4v) is 2.03. The molecule has 0 spiro atoms. The number of halogens is 2. The van der Waals surface area contributed by atoms with E-state index in [1.54, 1.807) is 10.6 Å². The van der Waals surface area contributed by atoms with Crippen LogP contribution in [-0.4, -0.2) is 28.7 Å². The third-order valence-corrected chi connectivity index (χ3v) is 3.13. The minimum absolute atomic E-state index is 0.160. The highest BCUT2D eigenvalue weighted by Gasteiger charge is 2.11. The van der Waals surface area contributed by atoms with Crippen molar-refractivity contribution in [3.05, 3.63) is 22.4 Å². The molecule has 8 heteroatoms. The summed E-state index contributed by atoms with van der Waals surface area (Å²) < 4.78 is 20.5. The number of carbonyl (C=O) groups excluding carboxylic acids is 1. The Kier molecular flexibility index (Phi) is 4.01. The Labute approximate surface area is 116 Å². The molecule has 19 heavy (non-hydrogen) atoms.